The van der Waals surface area contributed by atoms with E-state index in [9.17, 15) is 104 Å². The maximum Gasteiger partial charge on any atom is 1.00 e. The Bertz CT molecular complexity index is 2310. The van der Waals surface area contributed by atoms with Crippen molar-refractivity contribution >= 4 is 83.2 Å². The Kier molecular flexibility index (Phi) is 43.1. The molecule has 0 aromatic rings. The van der Waals surface area contributed by atoms with Crippen LogP contribution in [0.4, 0.5) is 0 Å². The Balaban J connectivity index is -0.000000784. The van der Waals surface area contributed by atoms with E-state index in [1.165, 1.54) is 0 Å². The molecule has 0 radical (unpaired) electrons. The van der Waals surface area contributed by atoms with E-state index < -0.39 is 158 Å². The van der Waals surface area contributed by atoms with E-state index in [0.29, 0.717) is 0 Å². The Morgan fingerprint density at radius 1 is 0.381 bits per heavy atom. The van der Waals surface area contributed by atoms with Crippen molar-refractivity contribution < 1.29 is 388 Å². The predicted octanol–water partition coefficient (Wildman–Crippen LogP) is -33.5. The summed E-state index contributed by atoms with van der Waals surface area (Å²) in [5.74, 6) is -4.31. The predicted molar refractivity (Wildman–Crippen MR) is 137 cm³/mol. The van der Waals surface area contributed by atoms with Crippen molar-refractivity contribution in [1.29, 1.82) is 0 Å². The molecular formula is C12H14Na8O35S8. The Hall–Kier alpha value is 6.84. The van der Waals surface area contributed by atoms with Gasteiger partial charge in [0, 0.05) is 0 Å². The van der Waals surface area contributed by atoms with E-state index in [-0.39, 0.29) is 236 Å². The second-order valence-electron chi connectivity index (χ2n) is 9.49. The van der Waals surface area contributed by atoms with Gasteiger partial charge >= 0.3 is 236 Å². The fourth-order valence-electron chi connectivity index (χ4n) is 4.21. The fourth-order valence-corrected chi connectivity index (χ4v) is 7.60. The van der Waals surface area contributed by atoms with Crippen LogP contribution in [0.1, 0.15) is 0 Å². The summed E-state index contributed by atoms with van der Waals surface area (Å²) < 4.78 is 320. The third-order valence-corrected chi connectivity index (χ3v) is 9.18. The van der Waals surface area contributed by atoms with Gasteiger partial charge in [0.1, 0.15) is 37.1 Å². The zero-order valence-corrected chi connectivity index (χ0v) is 55.3. The van der Waals surface area contributed by atoms with Gasteiger partial charge in [-0.3, -0.25) is 33.5 Å². The minimum absolute atomic E-state index is 0. The van der Waals surface area contributed by atoms with Crippen molar-refractivity contribution in [3.05, 3.63) is 0 Å². The number of hydrogen-bond acceptors (Lipinski definition) is 35. The van der Waals surface area contributed by atoms with Gasteiger partial charge in [-0.25, -0.2) is 67.3 Å². The molecule has 2 rings (SSSR count). The van der Waals surface area contributed by atoms with Gasteiger partial charge in [-0.15, -0.1) is 0 Å². The summed E-state index contributed by atoms with van der Waals surface area (Å²) in [5, 5.41) is 0. The summed E-state index contributed by atoms with van der Waals surface area (Å²) >= 11 is 0. The summed E-state index contributed by atoms with van der Waals surface area (Å²) in [6.45, 7) is -6.74. The first kappa shape index (κ1) is 83.8. The minimum atomic E-state index is -6.58. The molecule has 35 nitrogen and oxygen atoms in total. The van der Waals surface area contributed by atoms with Crippen LogP contribution in [-0.4, -0.2) is 178 Å². The molecule has 2 aliphatic rings. The van der Waals surface area contributed by atoms with Crippen molar-refractivity contribution in [3.63, 3.8) is 0 Å². The quantitative estimate of drug-likeness (QED) is 0.0585. The SMILES string of the molecule is O=S(=O)([O-])OC[C@H]1O[C@@](COS(=O)(=O)[O-])(O[C@@H]2O[C@H](COS(=O)(=O)[O-])[C@@H](OS(=O)(=O)[O-])[C@H](OS(=O)(=O)[O-])[C@H]2OS(=O)(=O)[O-])[C@@H](OS(=O)(=O)[O-])[C@@H]1OS(=O)(=O)[O-].[Na+].[Na+].[Na+].[Na+].[Na+].[Na+].[Na+].[Na+]. The number of rotatable bonds is 21. The first-order valence-electron chi connectivity index (χ1n) is 12.2. The molecule has 0 amide bonds. The Morgan fingerprint density at radius 3 is 1.05 bits per heavy atom. The van der Waals surface area contributed by atoms with Gasteiger partial charge < -0.3 is 50.6 Å². The van der Waals surface area contributed by atoms with Gasteiger partial charge in [0.15, 0.2) is 18.5 Å². The normalized spacial score (nSPS) is 26.8. The molecule has 2 saturated heterocycles. The first-order chi connectivity index (χ1) is 24.2. The van der Waals surface area contributed by atoms with Gasteiger partial charge in [-0.1, -0.05) is 0 Å². The number of hydrogen-bond donors (Lipinski definition) is 0. The third-order valence-electron chi connectivity index (χ3n) is 5.65. The average molecular weight is 1160 g/mol. The summed E-state index contributed by atoms with van der Waals surface area (Å²) in [7, 11) is -50.8. The molecule has 0 aromatic heterocycles. The molecule has 0 bridgehead atoms. The number of ether oxygens (including phenoxy) is 3. The van der Waals surface area contributed by atoms with Crippen molar-refractivity contribution in [2.24, 2.45) is 0 Å². The van der Waals surface area contributed by atoms with Crippen LogP contribution in [-0.2, 0) is 131 Å². The van der Waals surface area contributed by atoms with Crippen LogP contribution in [0.5, 0.6) is 0 Å². The first-order valence-corrected chi connectivity index (χ1v) is 22.9. The van der Waals surface area contributed by atoms with E-state index in [1.54, 1.807) is 0 Å². The molecule has 0 aromatic carbocycles. The Labute approximate surface area is 535 Å². The molecule has 2 fully saturated rings. The van der Waals surface area contributed by atoms with Crippen LogP contribution in [0.25, 0.3) is 0 Å². The largest absolute Gasteiger partial charge is 1.00 e. The second kappa shape index (κ2) is 32.4. The maximum absolute atomic E-state index is 11.7. The Morgan fingerprint density at radius 2 is 0.698 bits per heavy atom. The topological polar surface area (TPSA) is 559 Å². The average Bonchev–Trinajstić information content (AvgIpc) is 3.15. The molecule has 0 aliphatic carbocycles. The van der Waals surface area contributed by atoms with E-state index in [1.807, 2.05) is 0 Å². The van der Waals surface area contributed by atoms with Crippen LogP contribution in [0.3, 0.4) is 0 Å². The molecule has 0 spiro atoms. The van der Waals surface area contributed by atoms with Gasteiger partial charge in [-0.05, 0) is 0 Å². The molecule has 51 heteroatoms. The van der Waals surface area contributed by atoms with Crippen molar-refractivity contribution in [1.82, 2.24) is 0 Å². The van der Waals surface area contributed by atoms with E-state index in [0.717, 1.165) is 0 Å². The molecule has 63 heavy (non-hydrogen) atoms. The molecule has 2 heterocycles. The zero-order valence-electron chi connectivity index (χ0n) is 32.8. The summed E-state index contributed by atoms with van der Waals surface area (Å²) in [6, 6.07) is 0. The summed E-state index contributed by atoms with van der Waals surface area (Å²) in [4.78, 5) is 0. The van der Waals surface area contributed by atoms with Crippen molar-refractivity contribution in [2.45, 2.75) is 54.8 Å². The van der Waals surface area contributed by atoms with E-state index in [2.05, 4.69) is 33.5 Å². The van der Waals surface area contributed by atoms with Crippen LogP contribution in [0.2, 0.25) is 0 Å². The molecule has 0 unspecified atom stereocenters. The molecule has 328 valence electrons. The van der Waals surface area contributed by atoms with Crippen molar-refractivity contribution in [2.75, 3.05) is 19.8 Å². The van der Waals surface area contributed by atoms with Crippen LogP contribution in [0, 0.1) is 0 Å². The summed E-state index contributed by atoms with van der Waals surface area (Å²) in [6.07, 6.45) is -27.5. The monoisotopic (exact) mass is 1160 g/mol. The van der Waals surface area contributed by atoms with Gasteiger partial charge in [0.25, 0.3) is 0 Å². The minimum Gasteiger partial charge on any atom is -0.726 e. The summed E-state index contributed by atoms with van der Waals surface area (Å²) in [5.41, 5.74) is 0. The molecule has 2 aliphatic heterocycles. The zero-order chi connectivity index (χ0) is 43.0. The van der Waals surface area contributed by atoms with Crippen LogP contribution in [0.15, 0.2) is 0 Å². The fraction of sp³-hybridized carbons (Fsp3) is 1.00. The molecule has 9 atom stereocenters. The van der Waals surface area contributed by atoms with Gasteiger partial charge in [0.05, 0.1) is 13.2 Å². The standard InChI is InChI=1S/C12H22O35S8.8Na/c13-48(14,15)37-1-4-6(43-51(22,23)24)8(45-53(28,29)30)9(46-54(31,32)33)11(40-4)42-12(3-39-50(19,20)21)10(47-55(34,35)36)7(44-52(25,26)27)5(41-12)2-38-49(16,17)18;;;;;;;;/h4-11H,1-3H2,(H,13,14,15)(H,16,17,18)(H,19,20,21)(H,22,23,24)(H,25,26,27)(H,28,29,30)(H,31,32,33)(H,34,35,36);;;;;;;;/q;8*+1/p-8/t4-,5-,6-,7-,8+,9-,10+,11+,12+;;;;;;;;/m1......../s1. The molecular weight excluding hydrogens is 1140 g/mol. The van der Waals surface area contributed by atoms with Crippen molar-refractivity contribution in [3.8, 4) is 0 Å². The third kappa shape index (κ3) is 34.2. The molecule has 0 saturated carbocycles. The maximum atomic E-state index is 11.7. The van der Waals surface area contributed by atoms with Crippen LogP contribution < -0.4 is 236 Å². The molecule has 0 N–H and O–H groups in total. The smallest absolute Gasteiger partial charge is 0.726 e. The second-order valence-corrected chi connectivity index (χ2v) is 17.7. The van der Waals surface area contributed by atoms with Crippen LogP contribution >= 0.6 is 0 Å². The van der Waals surface area contributed by atoms with Gasteiger partial charge in [0.2, 0.25) is 89.0 Å². The van der Waals surface area contributed by atoms with Gasteiger partial charge in [-0.2, -0.15) is 0 Å². The van der Waals surface area contributed by atoms with E-state index in [4.69, 9.17) is 14.2 Å². The van der Waals surface area contributed by atoms with E-state index >= 15 is 0 Å².